The van der Waals surface area contributed by atoms with Crippen LogP contribution in [0.4, 0.5) is 0 Å². The highest BCUT2D eigenvalue weighted by Gasteiger charge is 2.23. The molecular formula is C16H30N4O6S. The molecule has 156 valence electrons. The van der Waals surface area contributed by atoms with Crippen molar-refractivity contribution in [2.45, 2.75) is 45.1 Å². The Morgan fingerprint density at radius 2 is 1.74 bits per heavy atom. The fraction of sp³-hybridized carbons (Fsp3) is 0.812. The molecular weight excluding hydrogens is 376 g/mol. The van der Waals surface area contributed by atoms with E-state index in [1.54, 1.807) is 0 Å². The van der Waals surface area contributed by atoms with Crippen molar-refractivity contribution >= 4 is 27.8 Å². The molecule has 1 aliphatic rings. The molecule has 1 rings (SSSR count). The molecule has 1 heterocycles. The Labute approximate surface area is 159 Å². The first-order valence-electron chi connectivity index (χ1n) is 9.20. The zero-order chi connectivity index (χ0) is 20.3. The highest BCUT2D eigenvalue weighted by Crippen LogP contribution is 2.17. The van der Waals surface area contributed by atoms with Crippen molar-refractivity contribution in [3.05, 3.63) is 0 Å². The van der Waals surface area contributed by atoms with Crippen LogP contribution in [0, 0.1) is 5.92 Å². The van der Waals surface area contributed by atoms with Crippen molar-refractivity contribution in [1.29, 1.82) is 0 Å². The highest BCUT2D eigenvalue weighted by molar-refractivity contribution is 7.89. The highest BCUT2D eigenvalue weighted by atomic mass is 32.2. The van der Waals surface area contributed by atoms with Crippen LogP contribution in [0.15, 0.2) is 0 Å². The number of piperidine rings is 1. The van der Waals surface area contributed by atoms with Gasteiger partial charge in [0.15, 0.2) is 0 Å². The second-order valence-electron chi connectivity index (χ2n) is 6.55. The average Bonchev–Trinajstić information content (AvgIpc) is 2.64. The van der Waals surface area contributed by atoms with Crippen molar-refractivity contribution in [1.82, 2.24) is 20.7 Å². The third-order valence-corrected chi connectivity index (χ3v) is 5.82. The van der Waals surface area contributed by atoms with Crippen LogP contribution in [0.25, 0.3) is 0 Å². The number of hydrogen-bond donors (Lipinski definition) is 5. The molecule has 5 N–H and O–H groups in total. The molecule has 1 fully saturated rings. The van der Waals surface area contributed by atoms with E-state index in [0.29, 0.717) is 12.3 Å². The Balaban J connectivity index is 2.21. The Kier molecular flexibility index (Phi) is 10.3. The SMILES string of the molecule is CCS(=O)(=O)N[C@@H](CNC(=O)CCNC(=O)CCC1CCNCC1)C(=O)O. The molecule has 0 bridgehead atoms. The fourth-order valence-corrected chi connectivity index (χ4v) is 3.48. The molecule has 0 saturated carbocycles. The topological polar surface area (TPSA) is 154 Å². The lowest BCUT2D eigenvalue weighted by molar-refractivity contribution is -0.138. The largest absolute Gasteiger partial charge is 0.480 e. The summed E-state index contributed by atoms with van der Waals surface area (Å²) < 4.78 is 24.9. The number of carbonyl (C=O) groups is 3. The van der Waals surface area contributed by atoms with Crippen LogP contribution in [0.1, 0.15) is 39.0 Å². The number of carboxylic acids is 1. The molecule has 0 aromatic rings. The summed E-state index contributed by atoms with van der Waals surface area (Å²) in [6.07, 6.45) is 3.39. The minimum Gasteiger partial charge on any atom is -0.480 e. The van der Waals surface area contributed by atoms with Crippen molar-refractivity contribution in [3.63, 3.8) is 0 Å². The summed E-state index contributed by atoms with van der Waals surface area (Å²) in [6.45, 7) is 3.14. The molecule has 2 amide bonds. The van der Waals surface area contributed by atoms with Gasteiger partial charge in [0.2, 0.25) is 21.8 Å². The van der Waals surface area contributed by atoms with Gasteiger partial charge in [-0.1, -0.05) is 0 Å². The van der Waals surface area contributed by atoms with Gasteiger partial charge in [0.25, 0.3) is 0 Å². The minimum atomic E-state index is -3.70. The second kappa shape index (κ2) is 11.9. The predicted octanol–water partition coefficient (Wildman–Crippen LogP) is -1.22. The number of sulfonamides is 1. The van der Waals surface area contributed by atoms with E-state index in [2.05, 4.69) is 16.0 Å². The van der Waals surface area contributed by atoms with E-state index in [9.17, 15) is 22.8 Å². The van der Waals surface area contributed by atoms with Gasteiger partial charge in [0.1, 0.15) is 6.04 Å². The van der Waals surface area contributed by atoms with Crippen LogP contribution >= 0.6 is 0 Å². The molecule has 0 aromatic heterocycles. The molecule has 11 heteroatoms. The van der Waals surface area contributed by atoms with Crippen LogP contribution in [0.5, 0.6) is 0 Å². The fourth-order valence-electron chi connectivity index (χ4n) is 2.69. The third-order valence-electron chi connectivity index (χ3n) is 4.42. The van der Waals surface area contributed by atoms with E-state index < -0.39 is 27.9 Å². The van der Waals surface area contributed by atoms with Gasteiger partial charge in [-0.2, -0.15) is 4.72 Å². The molecule has 1 atom stereocenters. The van der Waals surface area contributed by atoms with Crippen LogP contribution < -0.4 is 20.7 Å². The van der Waals surface area contributed by atoms with E-state index in [-0.39, 0.29) is 31.2 Å². The van der Waals surface area contributed by atoms with Gasteiger partial charge in [0, 0.05) is 25.9 Å². The van der Waals surface area contributed by atoms with Crippen LogP contribution in [0.3, 0.4) is 0 Å². The maximum Gasteiger partial charge on any atom is 0.323 e. The third kappa shape index (κ3) is 10.3. The Morgan fingerprint density at radius 1 is 1.11 bits per heavy atom. The molecule has 0 unspecified atom stereocenters. The molecule has 1 saturated heterocycles. The monoisotopic (exact) mass is 406 g/mol. The zero-order valence-corrected chi connectivity index (χ0v) is 16.4. The first kappa shape index (κ1) is 23.3. The van der Waals surface area contributed by atoms with Gasteiger partial charge in [-0.3, -0.25) is 14.4 Å². The Hall–Kier alpha value is -1.72. The Bertz CT molecular complexity index is 604. The molecule has 0 radical (unpaired) electrons. The maximum atomic E-state index is 11.8. The standard InChI is InChI=1S/C16H30N4O6S/c1-2-27(25,26)20-13(16(23)24)11-19-15(22)7-10-18-14(21)4-3-12-5-8-17-9-6-12/h12-13,17,20H,2-11H2,1H3,(H,18,21)(H,19,22)(H,23,24)/t13-/m0/s1. The van der Waals surface area contributed by atoms with Gasteiger partial charge < -0.3 is 21.1 Å². The summed E-state index contributed by atoms with van der Waals surface area (Å²) >= 11 is 0. The summed E-state index contributed by atoms with van der Waals surface area (Å²) in [5.74, 6) is -1.65. The van der Waals surface area contributed by atoms with E-state index >= 15 is 0 Å². The maximum absolute atomic E-state index is 11.8. The summed E-state index contributed by atoms with van der Waals surface area (Å²) in [5, 5.41) is 17.3. The van der Waals surface area contributed by atoms with Crippen molar-refractivity contribution < 1.29 is 27.9 Å². The summed E-state index contributed by atoms with van der Waals surface area (Å²) in [7, 11) is -3.70. The smallest absolute Gasteiger partial charge is 0.323 e. The number of carboxylic acid groups (broad SMARTS) is 1. The lowest BCUT2D eigenvalue weighted by atomic mass is 9.93. The van der Waals surface area contributed by atoms with Gasteiger partial charge in [-0.15, -0.1) is 0 Å². The molecule has 1 aliphatic heterocycles. The number of amides is 2. The molecule has 10 nitrogen and oxygen atoms in total. The van der Waals surface area contributed by atoms with E-state index in [1.165, 1.54) is 6.92 Å². The average molecular weight is 407 g/mol. The number of nitrogens with one attached hydrogen (secondary N) is 4. The summed E-state index contributed by atoms with van der Waals surface area (Å²) in [4.78, 5) is 34.6. The molecule has 27 heavy (non-hydrogen) atoms. The minimum absolute atomic E-state index is 0.00798. The van der Waals surface area contributed by atoms with Crippen molar-refractivity contribution in [2.75, 3.05) is 31.9 Å². The molecule has 0 aromatic carbocycles. The number of hydrogen-bond acceptors (Lipinski definition) is 6. The summed E-state index contributed by atoms with van der Waals surface area (Å²) in [5.41, 5.74) is 0. The number of rotatable bonds is 12. The first-order chi connectivity index (χ1) is 12.7. The van der Waals surface area contributed by atoms with E-state index in [0.717, 1.165) is 32.4 Å². The molecule has 0 spiro atoms. The van der Waals surface area contributed by atoms with Crippen LogP contribution in [0.2, 0.25) is 0 Å². The van der Waals surface area contributed by atoms with E-state index in [1.807, 2.05) is 4.72 Å². The molecule has 0 aliphatic carbocycles. The zero-order valence-electron chi connectivity index (χ0n) is 15.6. The second-order valence-corrected chi connectivity index (χ2v) is 8.59. The summed E-state index contributed by atoms with van der Waals surface area (Å²) in [6, 6.07) is -1.43. The predicted molar refractivity (Wildman–Crippen MR) is 99.5 cm³/mol. The number of aliphatic carboxylic acids is 1. The lowest BCUT2D eigenvalue weighted by Crippen LogP contribution is -2.49. The quantitative estimate of drug-likeness (QED) is 0.272. The van der Waals surface area contributed by atoms with E-state index in [4.69, 9.17) is 5.11 Å². The Morgan fingerprint density at radius 3 is 2.33 bits per heavy atom. The van der Waals surface area contributed by atoms with Gasteiger partial charge >= 0.3 is 5.97 Å². The number of carbonyl (C=O) groups excluding carboxylic acids is 2. The van der Waals surface area contributed by atoms with Gasteiger partial charge in [-0.25, -0.2) is 8.42 Å². The van der Waals surface area contributed by atoms with Crippen molar-refractivity contribution in [3.8, 4) is 0 Å². The first-order valence-corrected chi connectivity index (χ1v) is 10.9. The van der Waals surface area contributed by atoms with Gasteiger partial charge in [-0.05, 0) is 45.2 Å². The normalized spacial score (nSPS) is 16.5. The lowest BCUT2D eigenvalue weighted by Gasteiger charge is -2.22. The van der Waals surface area contributed by atoms with Crippen LogP contribution in [-0.4, -0.2) is 69.3 Å². The van der Waals surface area contributed by atoms with Crippen LogP contribution in [-0.2, 0) is 24.4 Å². The van der Waals surface area contributed by atoms with Gasteiger partial charge in [0.05, 0.1) is 5.75 Å². The van der Waals surface area contributed by atoms with Crippen molar-refractivity contribution in [2.24, 2.45) is 5.92 Å².